The number of hydrogen-bond donors (Lipinski definition) is 1. The van der Waals surface area contributed by atoms with E-state index in [4.69, 9.17) is 0 Å². The van der Waals surface area contributed by atoms with Crippen LogP contribution < -0.4 is 5.32 Å². The van der Waals surface area contributed by atoms with Crippen molar-refractivity contribution in [2.75, 3.05) is 5.32 Å². The smallest absolute Gasteiger partial charge is 0.193 e. The van der Waals surface area contributed by atoms with Crippen molar-refractivity contribution in [3.05, 3.63) is 113 Å². The maximum Gasteiger partial charge on any atom is 0.193 e. The van der Waals surface area contributed by atoms with E-state index < -0.39 is 0 Å². The molecule has 3 heteroatoms. The Morgan fingerprint density at radius 1 is 0.812 bits per heavy atom. The molecule has 0 aromatic heterocycles. The minimum absolute atomic E-state index is 0.0818. The van der Waals surface area contributed by atoms with Crippen LogP contribution in [-0.2, 0) is 6.42 Å². The summed E-state index contributed by atoms with van der Waals surface area (Å²) in [6.45, 7) is 2.22. The van der Waals surface area contributed by atoms with Crippen molar-refractivity contribution in [2.24, 2.45) is 0 Å². The van der Waals surface area contributed by atoms with Gasteiger partial charge in [0.25, 0.3) is 0 Å². The average Bonchev–Trinajstić information content (AvgIpc) is 2.99. The van der Waals surface area contributed by atoms with Gasteiger partial charge in [-0.3, -0.25) is 4.79 Å². The zero-order valence-corrected chi connectivity index (χ0v) is 18.7. The number of para-hydroxylation sites is 1. The second-order valence-electron chi connectivity index (χ2n) is 8.39. The van der Waals surface area contributed by atoms with Gasteiger partial charge in [0.1, 0.15) is 0 Å². The highest BCUT2D eigenvalue weighted by Gasteiger charge is 2.38. The molecule has 6 rings (SSSR count). The molecular formula is C29H23NOS. The topological polar surface area (TPSA) is 29.1 Å². The molecule has 1 aliphatic carbocycles. The van der Waals surface area contributed by atoms with Crippen LogP contribution in [0.1, 0.15) is 45.6 Å². The van der Waals surface area contributed by atoms with Gasteiger partial charge < -0.3 is 5.32 Å². The highest BCUT2D eigenvalue weighted by molar-refractivity contribution is 8.00. The number of carbonyl (C=O) groups is 1. The number of aryl methyl sites for hydroxylation is 1. The van der Waals surface area contributed by atoms with Gasteiger partial charge in [0.05, 0.1) is 16.6 Å². The lowest BCUT2D eigenvalue weighted by Crippen LogP contribution is -2.08. The molecule has 32 heavy (non-hydrogen) atoms. The van der Waals surface area contributed by atoms with Crippen molar-refractivity contribution < 1.29 is 4.79 Å². The molecule has 2 aliphatic rings. The SMILES string of the molecule is CCCc1ccc([C@H]2Sc3ccccc3NC3=C2C(=O)c2ccccc23)c2ccccc12. The molecule has 1 aliphatic heterocycles. The highest BCUT2D eigenvalue weighted by Crippen LogP contribution is 2.53. The van der Waals surface area contributed by atoms with Gasteiger partial charge in [0, 0.05) is 21.6 Å². The first-order valence-corrected chi connectivity index (χ1v) is 12.1. The maximum absolute atomic E-state index is 13.7. The van der Waals surface area contributed by atoms with Crippen LogP contribution in [0.25, 0.3) is 16.5 Å². The summed E-state index contributed by atoms with van der Waals surface area (Å²) in [6.07, 6.45) is 2.17. The molecule has 0 saturated heterocycles. The van der Waals surface area contributed by atoms with Crippen LogP contribution in [0.3, 0.4) is 0 Å². The molecule has 156 valence electrons. The van der Waals surface area contributed by atoms with Crippen LogP contribution in [0.15, 0.2) is 95.4 Å². The number of fused-ring (bicyclic) bond motifs is 4. The fourth-order valence-corrected chi connectivity index (χ4v) is 6.33. The minimum Gasteiger partial charge on any atom is -0.354 e. The number of nitrogens with one attached hydrogen (secondary N) is 1. The molecule has 0 saturated carbocycles. The maximum atomic E-state index is 13.7. The number of thioether (sulfide) groups is 1. The Kier molecular flexibility index (Phi) is 4.65. The Balaban J connectivity index is 1.62. The Morgan fingerprint density at radius 3 is 2.38 bits per heavy atom. The third-order valence-electron chi connectivity index (χ3n) is 6.46. The zero-order valence-electron chi connectivity index (χ0n) is 17.9. The minimum atomic E-state index is -0.0818. The summed E-state index contributed by atoms with van der Waals surface area (Å²) in [5.74, 6) is 0.134. The second kappa shape index (κ2) is 7.68. The van der Waals surface area contributed by atoms with Crippen LogP contribution >= 0.6 is 11.8 Å². The lowest BCUT2D eigenvalue weighted by molar-refractivity contribution is 0.103. The molecule has 4 aromatic rings. The summed E-state index contributed by atoms with van der Waals surface area (Å²) in [7, 11) is 0. The fourth-order valence-electron chi connectivity index (χ4n) is 5.00. The van der Waals surface area contributed by atoms with Crippen LogP contribution in [0.2, 0.25) is 0 Å². The summed E-state index contributed by atoms with van der Waals surface area (Å²) < 4.78 is 0. The Morgan fingerprint density at radius 2 is 1.53 bits per heavy atom. The highest BCUT2D eigenvalue weighted by atomic mass is 32.2. The quantitative estimate of drug-likeness (QED) is 0.360. The van der Waals surface area contributed by atoms with Gasteiger partial charge in [0.2, 0.25) is 0 Å². The number of ketones is 1. The van der Waals surface area contributed by atoms with Gasteiger partial charge in [-0.2, -0.15) is 0 Å². The van der Waals surface area contributed by atoms with E-state index in [9.17, 15) is 4.79 Å². The van der Waals surface area contributed by atoms with E-state index in [2.05, 4.69) is 72.9 Å². The van der Waals surface area contributed by atoms with Crippen molar-refractivity contribution in [2.45, 2.75) is 29.9 Å². The summed E-state index contributed by atoms with van der Waals surface area (Å²) in [6, 6.07) is 29.5. The Hall–Kier alpha value is -3.30. The van der Waals surface area contributed by atoms with E-state index >= 15 is 0 Å². The number of rotatable bonds is 3. The van der Waals surface area contributed by atoms with Crippen LogP contribution in [0.5, 0.6) is 0 Å². The van der Waals surface area contributed by atoms with Crippen LogP contribution in [-0.4, -0.2) is 5.78 Å². The fraction of sp³-hybridized carbons (Fsp3) is 0.138. The zero-order chi connectivity index (χ0) is 21.7. The number of benzene rings is 4. The predicted octanol–water partition coefficient (Wildman–Crippen LogP) is 7.66. The first-order chi connectivity index (χ1) is 15.8. The number of Topliss-reactive ketones (excluding diaryl/α,β-unsaturated/α-hetero) is 1. The second-order valence-corrected chi connectivity index (χ2v) is 9.54. The lowest BCUT2D eigenvalue weighted by atomic mass is 9.92. The van der Waals surface area contributed by atoms with Crippen molar-refractivity contribution in [3.63, 3.8) is 0 Å². The largest absolute Gasteiger partial charge is 0.354 e. The number of hydrogen-bond acceptors (Lipinski definition) is 3. The van der Waals surface area contributed by atoms with Crippen molar-refractivity contribution >= 4 is 39.7 Å². The van der Waals surface area contributed by atoms with Crippen molar-refractivity contribution in [3.8, 4) is 0 Å². The lowest BCUT2D eigenvalue weighted by Gasteiger charge is -2.20. The van der Waals surface area contributed by atoms with Crippen molar-refractivity contribution in [1.82, 2.24) is 0 Å². The molecule has 0 bridgehead atoms. The van der Waals surface area contributed by atoms with E-state index in [0.29, 0.717) is 0 Å². The molecule has 1 heterocycles. The monoisotopic (exact) mass is 433 g/mol. The van der Waals surface area contributed by atoms with Crippen LogP contribution in [0.4, 0.5) is 5.69 Å². The predicted molar refractivity (Wildman–Crippen MR) is 134 cm³/mol. The molecule has 1 atom stereocenters. The summed E-state index contributed by atoms with van der Waals surface area (Å²) in [4.78, 5) is 14.9. The van der Waals surface area contributed by atoms with E-state index in [1.54, 1.807) is 11.8 Å². The van der Waals surface area contributed by atoms with Crippen molar-refractivity contribution in [1.29, 1.82) is 0 Å². The third-order valence-corrected chi connectivity index (χ3v) is 7.79. The van der Waals surface area contributed by atoms with Crippen LogP contribution in [0, 0.1) is 0 Å². The molecule has 0 spiro atoms. The van der Waals surface area contributed by atoms with E-state index in [0.717, 1.165) is 40.9 Å². The van der Waals surface area contributed by atoms with Gasteiger partial charge in [-0.05, 0) is 40.5 Å². The number of carbonyl (C=O) groups excluding carboxylic acids is 1. The number of anilines is 1. The normalized spacial score (nSPS) is 16.9. The molecule has 2 nitrogen and oxygen atoms in total. The molecule has 4 aromatic carbocycles. The molecule has 0 fully saturated rings. The molecular weight excluding hydrogens is 410 g/mol. The van der Waals surface area contributed by atoms with E-state index in [-0.39, 0.29) is 11.0 Å². The van der Waals surface area contributed by atoms with Gasteiger partial charge in [-0.1, -0.05) is 86.1 Å². The first-order valence-electron chi connectivity index (χ1n) is 11.2. The molecule has 1 N–H and O–H groups in total. The Bertz CT molecular complexity index is 1420. The average molecular weight is 434 g/mol. The summed E-state index contributed by atoms with van der Waals surface area (Å²) in [5.41, 5.74) is 7.25. The first kappa shape index (κ1) is 19.4. The molecule has 0 amide bonds. The van der Waals surface area contributed by atoms with Gasteiger partial charge in [-0.25, -0.2) is 0 Å². The van der Waals surface area contributed by atoms with Gasteiger partial charge in [-0.15, -0.1) is 11.8 Å². The van der Waals surface area contributed by atoms with E-state index in [1.165, 1.54) is 26.8 Å². The standard InChI is InChI=1S/C29H23NOS/c1-2-9-18-16-17-23(20-11-4-3-10-19(18)20)29-26-27(21-12-5-6-13-22(21)28(26)31)30-24-14-7-8-15-25(24)32-29/h3-8,10-17,29-30H,2,9H2,1H3/t29-/m1/s1. The Labute approximate surface area is 192 Å². The van der Waals surface area contributed by atoms with E-state index in [1.807, 2.05) is 24.3 Å². The molecule has 0 unspecified atom stereocenters. The summed E-state index contributed by atoms with van der Waals surface area (Å²) in [5, 5.41) is 6.08. The van der Waals surface area contributed by atoms with Gasteiger partial charge >= 0.3 is 0 Å². The van der Waals surface area contributed by atoms with Gasteiger partial charge in [0.15, 0.2) is 5.78 Å². The summed E-state index contributed by atoms with van der Waals surface area (Å²) >= 11 is 1.77. The molecule has 0 radical (unpaired) electrons. The third kappa shape index (κ3) is 2.92.